The Labute approximate surface area is 351 Å². The molecule has 0 radical (unpaired) electrons. The number of thiophene rings is 2. The topological polar surface area (TPSA) is 127 Å². The maximum absolute atomic E-state index is 12.0. The van der Waals surface area contributed by atoms with Crippen LogP contribution in [0.1, 0.15) is 48.9 Å². The number of hydrogen-bond acceptors (Lipinski definition) is 10. The van der Waals surface area contributed by atoms with E-state index in [1.165, 1.54) is 6.07 Å². The van der Waals surface area contributed by atoms with Gasteiger partial charge < -0.3 is 18.9 Å². The van der Waals surface area contributed by atoms with E-state index in [9.17, 15) is 13.0 Å². The molecule has 2 aromatic carbocycles. The molecular formula is C38H34Cl4N4O7S3. The molecule has 0 bridgehead atoms. The summed E-state index contributed by atoms with van der Waals surface area (Å²) in [5, 5.41) is 13.7. The van der Waals surface area contributed by atoms with E-state index in [2.05, 4.69) is 0 Å². The van der Waals surface area contributed by atoms with Crippen LogP contribution in [0.3, 0.4) is 0 Å². The van der Waals surface area contributed by atoms with Crippen LogP contribution in [0.25, 0.3) is 32.5 Å². The zero-order chi connectivity index (χ0) is 39.0. The molecule has 1 N–H and O–H groups in total. The number of unbranched alkanes of at least 4 members (excludes halogenated alkanes) is 4. The summed E-state index contributed by atoms with van der Waals surface area (Å²) in [4.78, 5) is 1.52. The largest absolute Gasteiger partial charge is 0.492 e. The molecule has 0 fully saturated rings. The van der Waals surface area contributed by atoms with Crippen molar-refractivity contribution < 1.29 is 31.9 Å². The standard InChI is InChI=1S/C38H34Cl4N4O7S3/c39-22-6-8-29(26(41)18-22)45-34-24(10-15-51-31-12-17-54-36(31)34)28(43-45)21-50-13-4-2-1-3-5-14-53-38-25-11-16-52-32-20-33(56(47,48)49)55-37(32)35(25)46(44-38)30-9-7-23(40)19-27(30)42/h6-9,12,17-20H,1-5,10-11,13-16,21H2,(H,47,48,49). The molecule has 18 heteroatoms. The zero-order valence-corrected chi connectivity index (χ0v) is 35.1. The lowest BCUT2D eigenvalue weighted by molar-refractivity contribution is 0.113. The Morgan fingerprint density at radius 1 is 0.750 bits per heavy atom. The van der Waals surface area contributed by atoms with Gasteiger partial charge >= 0.3 is 10.1 Å². The first-order valence-corrected chi connectivity index (χ1v) is 22.5. The maximum atomic E-state index is 12.0. The van der Waals surface area contributed by atoms with Crippen LogP contribution in [0, 0.1) is 0 Å². The van der Waals surface area contributed by atoms with Crippen molar-refractivity contribution in [2.45, 2.75) is 55.8 Å². The highest BCUT2D eigenvalue weighted by atomic mass is 35.5. The Morgan fingerprint density at radius 2 is 1.38 bits per heavy atom. The van der Waals surface area contributed by atoms with Gasteiger partial charge in [-0.05, 0) is 60.7 Å². The number of benzene rings is 2. The quantitative estimate of drug-likeness (QED) is 0.0840. The molecule has 0 amide bonds. The fraction of sp³-hybridized carbons (Fsp3) is 0.316. The van der Waals surface area contributed by atoms with E-state index in [-0.39, 0.29) is 10.8 Å². The third kappa shape index (κ3) is 8.18. The molecule has 2 aliphatic heterocycles. The molecule has 6 heterocycles. The van der Waals surface area contributed by atoms with Crippen molar-refractivity contribution in [1.82, 2.24) is 19.6 Å². The van der Waals surface area contributed by atoms with Crippen LogP contribution in [-0.4, -0.2) is 59.0 Å². The second-order valence-corrected chi connectivity index (χ2v) is 18.4. The van der Waals surface area contributed by atoms with Crippen LogP contribution in [-0.2, 0) is 34.3 Å². The molecule has 0 spiro atoms. The highest BCUT2D eigenvalue weighted by Crippen LogP contribution is 2.47. The SMILES string of the molecule is O=S(=O)(O)c1cc2c(s1)-c1c(c(OCCCCCCCOCc3nn(-c4ccc(Cl)cc4Cl)c4c3CCOc3ccsc3-4)nn1-c1ccc(Cl)cc1Cl)CCO2. The lowest BCUT2D eigenvalue weighted by Crippen LogP contribution is -2.04. The van der Waals surface area contributed by atoms with Crippen molar-refractivity contribution in [3.63, 3.8) is 0 Å². The van der Waals surface area contributed by atoms with E-state index in [0.29, 0.717) is 87.2 Å². The molecule has 294 valence electrons. The van der Waals surface area contributed by atoms with Crippen LogP contribution in [0.15, 0.2) is 58.1 Å². The van der Waals surface area contributed by atoms with Crippen molar-refractivity contribution in [3.8, 4) is 49.9 Å². The third-order valence-corrected chi connectivity index (χ3v) is 13.8. The minimum Gasteiger partial charge on any atom is -0.492 e. The molecule has 0 saturated carbocycles. The summed E-state index contributed by atoms with van der Waals surface area (Å²) in [6.07, 6.45) is 5.83. The summed E-state index contributed by atoms with van der Waals surface area (Å²) in [5.74, 6) is 1.59. The number of ether oxygens (including phenoxy) is 4. The summed E-state index contributed by atoms with van der Waals surface area (Å²) in [6.45, 7) is 2.23. The van der Waals surface area contributed by atoms with Crippen LogP contribution < -0.4 is 14.2 Å². The zero-order valence-electron chi connectivity index (χ0n) is 29.6. The van der Waals surface area contributed by atoms with E-state index >= 15 is 0 Å². The van der Waals surface area contributed by atoms with Crippen molar-refractivity contribution in [2.24, 2.45) is 0 Å². The first kappa shape index (κ1) is 39.5. The molecule has 0 atom stereocenters. The molecule has 4 aromatic heterocycles. The monoisotopic (exact) mass is 894 g/mol. The van der Waals surface area contributed by atoms with Crippen molar-refractivity contribution in [1.29, 1.82) is 0 Å². The Bertz CT molecular complexity index is 2510. The average molecular weight is 897 g/mol. The van der Waals surface area contributed by atoms with E-state index in [0.717, 1.165) is 82.3 Å². The molecule has 56 heavy (non-hydrogen) atoms. The highest BCUT2D eigenvalue weighted by Gasteiger charge is 2.32. The minimum atomic E-state index is -4.45. The van der Waals surface area contributed by atoms with Gasteiger partial charge in [-0.25, -0.2) is 9.36 Å². The summed E-state index contributed by atoms with van der Waals surface area (Å²) >= 11 is 28.1. The third-order valence-electron chi connectivity index (χ3n) is 9.41. The molecule has 2 aliphatic rings. The summed E-state index contributed by atoms with van der Waals surface area (Å²) in [7, 11) is -4.45. The minimum absolute atomic E-state index is 0.227. The predicted octanol–water partition coefficient (Wildman–Crippen LogP) is 10.8. The van der Waals surface area contributed by atoms with E-state index in [1.807, 2.05) is 28.3 Å². The van der Waals surface area contributed by atoms with Crippen LogP contribution in [0.5, 0.6) is 17.4 Å². The molecule has 0 saturated heterocycles. The van der Waals surface area contributed by atoms with Gasteiger partial charge in [-0.1, -0.05) is 65.7 Å². The summed E-state index contributed by atoms with van der Waals surface area (Å²) < 4.78 is 61.5. The van der Waals surface area contributed by atoms with Crippen molar-refractivity contribution in [2.75, 3.05) is 26.4 Å². The number of fused-ring (bicyclic) bond motifs is 6. The summed E-state index contributed by atoms with van der Waals surface area (Å²) in [5.41, 5.74) is 5.59. The van der Waals surface area contributed by atoms with Gasteiger partial charge in [-0.3, -0.25) is 4.55 Å². The molecular weight excluding hydrogens is 862 g/mol. The molecule has 11 nitrogen and oxygen atoms in total. The van der Waals surface area contributed by atoms with Gasteiger partial charge in [0.15, 0.2) is 4.21 Å². The molecule has 0 aliphatic carbocycles. The fourth-order valence-electron chi connectivity index (χ4n) is 6.80. The Balaban J connectivity index is 0.872. The van der Waals surface area contributed by atoms with Gasteiger partial charge in [-0.15, -0.1) is 27.8 Å². The van der Waals surface area contributed by atoms with Gasteiger partial charge in [0.05, 0.1) is 74.7 Å². The highest BCUT2D eigenvalue weighted by molar-refractivity contribution is 7.88. The van der Waals surface area contributed by atoms with Crippen molar-refractivity contribution >= 4 is 79.2 Å². The lowest BCUT2D eigenvalue weighted by atomic mass is 10.1. The predicted molar refractivity (Wildman–Crippen MR) is 220 cm³/mol. The maximum Gasteiger partial charge on any atom is 0.304 e. The second kappa shape index (κ2) is 16.9. The molecule has 6 aromatic rings. The number of rotatable bonds is 14. The summed E-state index contributed by atoms with van der Waals surface area (Å²) in [6, 6.07) is 13.8. The van der Waals surface area contributed by atoms with Gasteiger partial charge in [0.1, 0.15) is 11.5 Å². The van der Waals surface area contributed by atoms with Crippen LogP contribution in [0.2, 0.25) is 20.1 Å². The van der Waals surface area contributed by atoms with E-state index in [1.54, 1.807) is 40.3 Å². The van der Waals surface area contributed by atoms with Crippen LogP contribution >= 0.6 is 69.1 Å². The number of hydrogen-bond donors (Lipinski definition) is 1. The number of aromatic nitrogens is 4. The molecule has 0 unspecified atom stereocenters. The van der Waals surface area contributed by atoms with Gasteiger partial charge in [0.25, 0.3) is 0 Å². The van der Waals surface area contributed by atoms with E-state index in [4.69, 9.17) is 75.5 Å². The normalized spacial score (nSPS) is 13.5. The fourth-order valence-corrected chi connectivity index (χ4v) is 10.5. The lowest BCUT2D eigenvalue weighted by Gasteiger charge is -2.09. The van der Waals surface area contributed by atoms with Gasteiger partial charge in [0, 0.05) is 46.7 Å². The Morgan fingerprint density at radius 3 is 2.07 bits per heavy atom. The van der Waals surface area contributed by atoms with Gasteiger partial charge in [0.2, 0.25) is 5.88 Å². The molecule has 8 rings (SSSR count). The second-order valence-electron chi connectivity index (χ2n) is 13.1. The van der Waals surface area contributed by atoms with Crippen LogP contribution in [0.4, 0.5) is 0 Å². The Kier molecular flexibility index (Phi) is 11.9. The Hall–Kier alpha value is -3.31. The first-order valence-electron chi connectivity index (χ1n) is 17.9. The number of halogens is 4. The van der Waals surface area contributed by atoms with E-state index < -0.39 is 10.1 Å². The van der Waals surface area contributed by atoms with Gasteiger partial charge in [-0.2, -0.15) is 13.5 Å². The first-order chi connectivity index (χ1) is 27.1. The number of nitrogens with zero attached hydrogens (tertiary/aromatic N) is 4. The smallest absolute Gasteiger partial charge is 0.304 e. The van der Waals surface area contributed by atoms with Crippen molar-refractivity contribution in [3.05, 3.63) is 90.8 Å². The average Bonchev–Trinajstić information content (AvgIpc) is 3.90.